The van der Waals surface area contributed by atoms with Crippen molar-refractivity contribution < 1.29 is 9.90 Å². The van der Waals surface area contributed by atoms with E-state index in [4.69, 9.17) is 0 Å². The van der Waals surface area contributed by atoms with Gasteiger partial charge in [0.25, 0.3) is 0 Å². The van der Waals surface area contributed by atoms with E-state index in [1.54, 1.807) is 4.68 Å². The first-order valence-electron chi connectivity index (χ1n) is 9.08. The van der Waals surface area contributed by atoms with Gasteiger partial charge in [0.2, 0.25) is 0 Å². The maximum absolute atomic E-state index is 11.7. The van der Waals surface area contributed by atoms with E-state index in [9.17, 15) is 9.90 Å². The third kappa shape index (κ3) is 4.30. The van der Waals surface area contributed by atoms with Crippen molar-refractivity contribution in [2.45, 2.75) is 84.1 Å². The first-order valence-corrected chi connectivity index (χ1v) is 9.08. The van der Waals surface area contributed by atoms with Gasteiger partial charge in [0, 0.05) is 5.92 Å². The molecule has 0 amide bonds. The number of carboxylic acid groups (broad SMARTS) is 1. The lowest BCUT2D eigenvalue weighted by molar-refractivity contribution is -0.143. The van der Waals surface area contributed by atoms with Gasteiger partial charge in [-0.25, -0.2) is 9.48 Å². The maximum Gasteiger partial charge on any atom is 0.328 e. The van der Waals surface area contributed by atoms with Crippen LogP contribution in [0, 0.1) is 11.8 Å². The molecule has 1 fully saturated rings. The van der Waals surface area contributed by atoms with Crippen molar-refractivity contribution in [2.24, 2.45) is 11.8 Å². The lowest BCUT2D eigenvalue weighted by Crippen LogP contribution is -2.29. The van der Waals surface area contributed by atoms with E-state index in [-0.39, 0.29) is 5.92 Å². The molecule has 0 saturated heterocycles. The highest BCUT2D eigenvalue weighted by Gasteiger charge is 2.33. The molecule has 130 valence electrons. The van der Waals surface area contributed by atoms with Crippen molar-refractivity contribution in [1.82, 2.24) is 20.2 Å². The molecular weight excluding hydrogens is 292 g/mol. The summed E-state index contributed by atoms with van der Waals surface area (Å²) in [6.07, 6.45) is 9.23. The summed E-state index contributed by atoms with van der Waals surface area (Å²) in [5, 5.41) is 21.6. The highest BCUT2D eigenvalue weighted by atomic mass is 16.4. The Morgan fingerprint density at radius 2 is 2.00 bits per heavy atom. The van der Waals surface area contributed by atoms with E-state index >= 15 is 0 Å². The van der Waals surface area contributed by atoms with Crippen LogP contribution in [0.15, 0.2) is 0 Å². The molecule has 0 radical (unpaired) electrons. The van der Waals surface area contributed by atoms with Crippen molar-refractivity contribution in [1.29, 1.82) is 0 Å². The van der Waals surface area contributed by atoms with Crippen LogP contribution in [0.3, 0.4) is 0 Å². The van der Waals surface area contributed by atoms with Gasteiger partial charge in [-0.15, -0.1) is 5.10 Å². The number of carboxylic acids is 1. The second kappa shape index (κ2) is 8.41. The largest absolute Gasteiger partial charge is 0.480 e. The number of tetrazole rings is 1. The average Bonchev–Trinajstić information content (AvgIpc) is 3.02. The van der Waals surface area contributed by atoms with Gasteiger partial charge >= 0.3 is 5.97 Å². The number of hydrogen-bond donors (Lipinski definition) is 1. The van der Waals surface area contributed by atoms with Crippen LogP contribution in [0.4, 0.5) is 0 Å². The first kappa shape index (κ1) is 17.9. The van der Waals surface area contributed by atoms with E-state index in [1.165, 1.54) is 32.1 Å². The van der Waals surface area contributed by atoms with Crippen molar-refractivity contribution >= 4 is 5.97 Å². The zero-order chi connectivity index (χ0) is 16.8. The molecule has 6 heteroatoms. The Kier molecular flexibility index (Phi) is 6.54. The molecule has 0 spiro atoms. The third-order valence-electron chi connectivity index (χ3n) is 5.40. The van der Waals surface area contributed by atoms with E-state index in [0.29, 0.717) is 5.92 Å². The summed E-state index contributed by atoms with van der Waals surface area (Å²) in [6.45, 7) is 6.19. The molecule has 1 saturated carbocycles. The smallest absolute Gasteiger partial charge is 0.328 e. The lowest BCUT2D eigenvalue weighted by atomic mass is 9.79. The van der Waals surface area contributed by atoms with E-state index in [1.807, 2.05) is 13.8 Å². The predicted molar refractivity (Wildman–Crippen MR) is 88.2 cm³/mol. The summed E-state index contributed by atoms with van der Waals surface area (Å²) >= 11 is 0. The van der Waals surface area contributed by atoms with Crippen LogP contribution in [0.2, 0.25) is 0 Å². The molecule has 1 aliphatic carbocycles. The SMILES string of the molecule is CCCCC1CCC(c2nnnn2C(C(=O)O)C(C)CC)CC1. The van der Waals surface area contributed by atoms with E-state index in [2.05, 4.69) is 22.4 Å². The summed E-state index contributed by atoms with van der Waals surface area (Å²) < 4.78 is 1.58. The van der Waals surface area contributed by atoms with Crippen LogP contribution in [0.5, 0.6) is 0 Å². The second-order valence-corrected chi connectivity index (χ2v) is 7.01. The lowest BCUT2D eigenvalue weighted by Gasteiger charge is -2.29. The molecule has 1 heterocycles. The molecule has 2 unspecified atom stereocenters. The fourth-order valence-corrected chi connectivity index (χ4v) is 3.68. The average molecular weight is 322 g/mol. The number of nitrogens with zero attached hydrogens (tertiary/aromatic N) is 4. The predicted octanol–water partition coefficient (Wildman–Crippen LogP) is 3.81. The Morgan fingerprint density at radius 3 is 2.57 bits per heavy atom. The van der Waals surface area contributed by atoms with E-state index in [0.717, 1.165) is 31.0 Å². The fraction of sp³-hybridized carbons (Fsp3) is 0.882. The molecule has 23 heavy (non-hydrogen) atoms. The van der Waals surface area contributed by atoms with E-state index < -0.39 is 12.0 Å². The minimum Gasteiger partial charge on any atom is -0.480 e. The molecule has 0 aliphatic heterocycles. The van der Waals surface area contributed by atoms with Crippen molar-refractivity contribution in [3.05, 3.63) is 5.82 Å². The minimum atomic E-state index is -0.843. The molecular formula is C17H30N4O2. The zero-order valence-corrected chi connectivity index (χ0v) is 14.6. The molecule has 1 aromatic heterocycles. The molecule has 0 bridgehead atoms. The standard InChI is InChI=1S/C17H30N4O2/c1-4-6-7-13-8-10-14(11-9-13)16-18-19-20-21(16)15(17(22)23)12(3)5-2/h12-15H,4-11H2,1-3H3,(H,22,23). The van der Waals surface area contributed by atoms with Gasteiger partial charge in [0.15, 0.2) is 11.9 Å². The van der Waals surface area contributed by atoms with Crippen LogP contribution in [0.1, 0.15) is 89.9 Å². The number of aromatic nitrogens is 4. The van der Waals surface area contributed by atoms with Crippen LogP contribution in [0.25, 0.3) is 0 Å². The van der Waals surface area contributed by atoms with Crippen molar-refractivity contribution in [3.63, 3.8) is 0 Å². The summed E-state index contributed by atoms with van der Waals surface area (Å²) in [6, 6.07) is -0.664. The van der Waals surface area contributed by atoms with Crippen molar-refractivity contribution in [2.75, 3.05) is 0 Å². The Bertz CT molecular complexity index is 495. The van der Waals surface area contributed by atoms with Crippen molar-refractivity contribution in [3.8, 4) is 0 Å². The third-order valence-corrected chi connectivity index (χ3v) is 5.40. The summed E-state index contributed by atoms with van der Waals surface area (Å²) in [4.78, 5) is 11.7. The van der Waals surface area contributed by atoms with Gasteiger partial charge in [0.1, 0.15) is 0 Å². The molecule has 2 atom stereocenters. The highest BCUT2D eigenvalue weighted by molar-refractivity contribution is 5.72. The van der Waals surface area contributed by atoms with Crippen LogP contribution >= 0.6 is 0 Å². The van der Waals surface area contributed by atoms with Crippen LogP contribution in [-0.4, -0.2) is 31.3 Å². The number of hydrogen-bond acceptors (Lipinski definition) is 4. The topological polar surface area (TPSA) is 80.9 Å². The highest BCUT2D eigenvalue weighted by Crippen LogP contribution is 2.37. The van der Waals surface area contributed by atoms with Gasteiger partial charge in [0.05, 0.1) is 0 Å². The van der Waals surface area contributed by atoms with Crippen LogP contribution in [-0.2, 0) is 4.79 Å². The van der Waals surface area contributed by atoms with Gasteiger partial charge in [-0.3, -0.25) is 0 Å². The number of unbranched alkanes of at least 4 members (excludes halogenated alkanes) is 1. The Morgan fingerprint density at radius 1 is 1.30 bits per heavy atom. The zero-order valence-electron chi connectivity index (χ0n) is 14.6. The molecule has 2 rings (SSSR count). The second-order valence-electron chi connectivity index (χ2n) is 7.01. The molecule has 0 aromatic carbocycles. The number of carbonyl (C=O) groups is 1. The van der Waals surface area contributed by atoms with Crippen LogP contribution < -0.4 is 0 Å². The summed E-state index contributed by atoms with van der Waals surface area (Å²) in [5.41, 5.74) is 0. The molecule has 1 aliphatic rings. The molecule has 1 aromatic rings. The Labute approximate surface area is 138 Å². The maximum atomic E-state index is 11.7. The fourth-order valence-electron chi connectivity index (χ4n) is 3.68. The molecule has 6 nitrogen and oxygen atoms in total. The normalized spacial score (nSPS) is 24.3. The minimum absolute atomic E-state index is 0.00985. The monoisotopic (exact) mass is 322 g/mol. The Hall–Kier alpha value is -1.46. The van der Waals surface area contributed by atoms with Gasteiger partial charge < -0.3 is 5.11 Å². The Balaban J connectivity index is 2.08. The number of rotatable bonds is 8. The van der Waals surface area contributed by atoms with Gasteiger partial charge in [-0.2, -0.15) is 0 Å². The quantitative estimate of drug-likeness (QED) is 0.787. The number of aliphatic carboxylic acids is 1. The van der Waals surface area contributed by atoms with Gasteiger partial charge in [-0.1, -0.05) is 46.5 Å². The summed E-state index contributed by atoms with van der Waals surface area (Å²) in [5.74, 6) is 1.06. The van der Waals surface area contributed by atoms with Gasteiger partial charge in [-0.05, 0) is 47.9 Å². The summed E-state index contributed by atoms with van der Waals surface area (Å²) in [7, 11) is 0. The molecule has 1 N–H and O–H groups in total. The first-order chi connectivity index (χ1) is 11.1.